The predicted molar refractivity (Wildman–Crippen MR) is 81.7 cm³/mol. The van der Waals surface area contributed by atoms with Crippen LogP contribution in [-0.4, -0.2) is 18.1 Å². The summed E-state index contributed by atoms with van der Waals surface area (Å²) in [7, 11) is 0. The average molecular weight is 283 g/mol. The van der Waals surface area contributed by atoms with Gasteiger partial charge in [0.05, 0.1) is 11.3 Å². The molecule has 2 heterocycles. The van der Waals surface area contributed by atoms with Crippen molar-refractivity contribution in [3.63, 3.8) is 0 Å². The first-order valence-corrected chi connectivity index (χ1v) is 7.35. The number of aromatic nitrogens is 1. The molecule has 0 saturated carbocycles. The molecular weight excluding hydrogens is 265 g/mol. The Bertz CT molecular complexity index is 691. The molecule has 1 aliphatic heterocycles. The normalized spacial score (nSPS) is 15.0. The molecular formula is C17H18FN3. The first-order chi connectivity index (χ1) is 10.2. The quantitative estimate of drug-likeness (QED) is 0.905. The summed E-state index contributed by atoms with van der Waals surface area (Å²) >= 11 is 0. The molecule has 0 amide bonds. The second-order valence-electron chi connectivity index (χ2n) is 5.49. The van der Waals surface area contributed by atoms with Crippen LogP contribution >= 0.6 is 0 Å². The third-order valence-electron chi connectivity index (χ3n) is 4.16. The highest BCUT2D eigenvalue weighted by molar-refractivity contribution is 5.74. The van der Waals surface area contributed by atoms with Gasteiger partial charge in [-0.25, -0.2) is 4.39 Å². The van der Waals surface area contributed by atoms with Crippen molar-refractivity contribution in [3.8, 4) is 17.3 Å². The number of nitriles is 1. The van der Waals surface area contributed by atoms with Crippen molar-refractivity contribution < 1.29 is 4.39 Å². The van der Waals surface area contributed by atoms with Crippen LogP contribution in [0.25, 0.3) is 11.3 Å². The standard InChI is InChI=1S/C17H18FN3/c1-12-14(11-19)17(21-9-5-2-6-10-21)20-16(12)13-7-3-4-8-15(13)18/h3-4,7-8,20H,2,5-6,9-10H2,1H3. The molecule has 1 aromatic heterocycles. The summed E-state index contributed by atoms with van der Waals surface area (Å²) in [5.74, 6) is 0.574. The summed E-state index contributed by atoms with van der Waals surface area (Å²) < 4.78 is 14.0. The molecule has 3 nitrogen and oxygen atoms in total. The van der Waals surface area contributed by atoms with Gasteiger partial charge in [-0.15, -0.1) is 0 Å². The van der Waals surface area contributed by atoms with Gasteiger partial charge in [-0.3, -0.25) is 0 Å². The van der Waals surface area contributed by atoms with E-state index in [1.807, 2.05) is 13.0 Å². The van der Waals surface area contributed by atoms with E-state index < -0.39 is 0 Å². The van der Waals surface area contributed by atoms with Gasteiger partial charge >= 0.3 is 0 Å². The minimum atomic E-state index is -0.267. The lowest BCUT2D eigenvalue weighted by Crippen LogP contribution is -2.30. The van der Waals surface area contributed by atoms with Crippen molar-refractivity contribution >= 4 is 5.82 Å². The minimum Gasteiger partial charge on any atom is -0.357 e. The molecule has 1 aromatic carbocycles. The molecule has 0 radical (unpaired) electrons. The SMILES string of the molecule is Cc1c(-c2ccccc2F)[nH]c(N2CCCCC2)c1C#N. The van der Waals surface area contributed by atoms with Crippen molar-refractivity contribution in [1.29, 1.82) is 5.26 Å². The maximum Gasteiger partial charge on any atom is 0.132 e. The van der Waals surface area contributed by atoms with E-state index in [0.717, 1.165) is 37.3 Å². The number of rotatable bonds is 2. The number of hydrogen-bond acceptors (Lipinski definition) is 2. The number of halogens is 1. The lowest BCUT2D eigenvalue weighted by atomic mass is 10.1. The molecule has 1 saturated heterocycles. The second kappa shape index (κ2) is 5.61. The molecule has 1 aliphatic rings. The van der Waals surface area contributed by atoms with Crippen molar-refractivity contribution in [3.05, 3.63) is 41.2 Å². The number of hydrogen-bond donors (Lipinski definition) is 1. The number of piperidine rings is 1. The Morgan fingerprint density at radius 2 is 1.90 bits per heavy atom. The van der Waals surface area contributed by atoms with Crippen LogP contribution in [0.3, 0.4) is 0 Å². The van der Waals surface area contributed by atoms with Gasteiger partial charge < -0.3 is 9.88 Å². The summed E-state index contributed by atoms with van der Waals surface area (Å²) in [5, 5.41) is 9.47. The van der Waals surface area contributed by atoms with Gasteiger partial charge in [0.1, 0.15) is 17.7 Å². The molecule has 1 fully saturated rings. The summed E-state index contributed by atoms with van der Waals surface area (Å²) in [5.41, 5.74) is 2.69. The Morgan fingerprint density at radius 1 is 1.19 bits per heavy atom. The fraction of sp³-hybridized carbons (Fsp3) is 0.353. The zero-order valence-electron chi connectivity index (χ0n) is 12.1. The van der Waals surface area contributed by atoms with Crippen LogP contribution in [0.4, 0.5) is 10.2 Å². The van der Waals surface area contributed by atoms with Crippen LogP contribution in [0.1, 0.15) is 30.4 Å². The molecule has 0 aliphatic carbocycles. The van der Waals surface area contributed by atoms with E-state index in [0.29, 0.717) is 16.8 Å². The zero-order valence-corrected chi connectivity index (χ0v) is 12.1. The van der Waals surface area contributed by atoms with Crippen LogP contribution in [0.2, 0.25) is 0 Å². The van der Waals surface area contributed by atoms with Crippen LogP contribution in [-0.2, 0) is 0 Å². The Hall–Kier alpha value is -2.28. The maximum absolute atomic E-state index is 14.0. The van der Waals surface area contributed by atoms with E-state index in [-0.39, 0.29) is 5.82 Å². The van der Waals surface area contributed by atoms with Gasteiger partial charge in [-0.05, 0) is 43.9 Å². The largest absolute Gasteiger partial charge is 0.357 e. The fourth-order valence-corrected chi connectivity index (χ4v) is 3.00. The van der Waals surface area contributed by atoms with Crippen molar-refractivity contribution in [2.75, 3.05) is 18.0 Å². The van der Waals surface area contributed by atoms with Gasteiger partial charge in [0, 0.05) is 18.7 Å². The Kier molecular flexibility index (Phi) is 3.66. The number of benzene rings is 1. The van der Waals surface area contributed by atoms with Crippen molar-refractivity contribution in [2.45, 2.75) is 26.2 Å². The van der Waals surface area contributed by atoms with E-state index in [1.165, 1.54) is 12.5 Å². The lowest BCUT2D eigenvalue weighted by Gasteiger charge is -2.27. The van der Waals surface area contributed by atoms with Gasteiger partial charge in [0.25, 0.3) is 0 Å². The summed E-state index contributed by atoms with van der Waals surface area (Å²) in [6.07, 6.45) is 3.51. The van der Waals surface area contributed by atoms with E-state index in [1.54, 1.807) is 12.1 Å². The van der Waals surface area contributed by atoms with Crippen LogP contribution < -0.4 is 4.90 Å². The molecule has 4 heteroatoms. The molecule has 2 aromatic rings. The third-order valence-corrected chi connectivity index (χ3v) is 4.16. The van der Waals surface area contributed by atoms with E-state index in [2.05, 4.69) is 16.0 Å². The van der Waals surface area contributed by atoms with Crippen LogP contribution in [0.5, 0.6) is 0 Å². The van der Waals surface area contributed by atoms with Crippen LogP contribution in [0.15, 0.2) is 24.3 Å². The zero-order chi connectivity index (χ0) is 14.8. The van der Waals surface area contributed by atoms with Crippen LogP contribution in [0, 0.1) is 24.1 Å². The number of H-pyrrole nitrogens is 1. The van der Waals surface area contributed by atoms with Crippen molar-refractivity contribution in [2.24, 2.45) is 0 Å². The molecule has 3 rings (SSSR count). The molecule has 0 unspecified atom stereocenters. The van der Waals surface area contributed by atoms with Gasteiger partial charge in [-0.1, -0.05) is 12.1 Å². The number of nitrogens with one attached hydrogen (secondary N) is 1. The minimum absolute atomic E-state index is 0.267. The lowest BCUT2D eigenvalue weighted by molar-refractivity contribution is 0.574. The smallest absolute Gasteiger partial charge is 0.132 e. The Morgan fingerprint density at radius 3 is 2.57 bits per heavy atom. The number of anilines is 1. The van der Waals surface area contributed by atoms with E-state index in [4.69, 9.17) is 0 Å². The van der Waals surface area contributed by atoms with E-state index >= 15 is 0 Å². The highest BCUT2D eigenvalue weighted by atomic mass is 19.1. The highest BCUT2D eigenvalue weighted by Crippen LogP contribution is 2.34. The Labute approximate surface area is 124 Å². The monoisotopic (exact) mass is 283 g/mol. The number of nitrogens with zero attached hydrogens (tertiary/aromatic N) is 2. The molecule has 108 valence electrons. The highest BCUT2D eigenvalue weighted by Gasteiger charge is 2.22. The fourth-order valence-electron chi connectivity index (χ4n) is 3.00. The predicted octanol–water partition coefficient (Wildman–Crippen LogP) is 3.99. The van der Waals surface area contributed by atoms with E-state index in [9.17, 15) is 9.65 Å². The molecule has 0 atom stereocenters. The Balaban J connectivity index is 2.09. The summed E-state index contributed by atoms with van der Waals surface area (Å²) in [6, 6.07) is 8.95. The molecule has 0 bridgehead atoms. The van der Waals surface area contributed by atoms with Gasteiger partial charge in [0.15, 0.2) is 0 Å². The second-order valence-corrected chi connectivity index (χ2v) is 5.49. The van der Waals surface area contributed by atoms with Gasteiger partial charge in [0.2, 0.25) is 0 Å². The first-order valence-electron chi connectivity index (χ1n) is 7.35. The summed E-state index contributed by atoms with van der Waals surface area (Å²) in [4.78, 5) is 5.50. The molecule has 0 spiro atoms. The maximum atomic E-state index is 14.0. The number of aromatic amines is 1. The summed E-state index contributed by atoms with van der Waals surface area (Å²) in [6.45, 7) is 3.78. The molecule has 1 N–H and O–H groups in total. The molecule has 21 heavy (non-hydrogen) atoms. The third kappa shape index (κ3) is 2.40. The topological polar surface area (TPSA) is 42.8 Å². The van der Waals surface area contributed by atoms with Gasteiger partial charge in [-0.2, -0.15) is 5.26 Å². The average Bonchev–Trinajstić information content (AvgIpc) is 2.85. The first kappa shape index (κ1) is 13.7. The van der Waals surface area contributed by atoms with Crippen molar-refractivity contribution in [1.82, 2.24) is 4.98 Å².